The number of ether oxygens (including phenoxy) is 4. The van der Waals surface area contributed by atoms with Gasteiger partial charge in [0.25, 0.3) is 0 Å². The molecule has 2 unspecified atom stereocenters. The maximum absolute atomic E-state index is 13.0. The molecule has 3 aromatic rings. The Bertz CT molecular complexity index is 1440. The van der Waals surface area contributed by atoms with Crippen LogP contribution in [0.4, 0.5) is 15.3 Å². The van der Waals surface area contributed by atoms with E-state index in [1.807, 2.05) is 60.7 Å². The summed E-state index contributed by atoms with van der Waals surface area (Å²) in [6.07, 6.45) is -2.34. The Morgan fingerprint density at radius 2 is 1.44 bits per heavy atom. The molecule has 0 aliphatic carbocycles. The van der Waals surface area contributed by atoms with Crippen molar-refractivity contribution in [2.24, 2.45) is 0 Å². The standard InChI is InChI=1S/C34H36N2O9/c37-21-31-30(38)20-28(45-31)13-7-8-18-42-32(39)29(36-34(41)44-23-26-11-5-2-6-12-26)19-24-14-16-27(17-15-24)35-33(40)43-22-25-9-3-1-4-10-25/h1-6,9-12,14-17,28-31,37-38H,13,18-23H2,(H,35,40)(H,36,41)/t28-,29?,30?,31+/m0/s1. The smallest absolute Gasteiger partial charge is 0.411 e. The maximum Gasteiger partial charge on any atom is 0.411 e. The number of amides is 2. The topological polar surface area (TPSA) is 153 Å². The van der Waals surface area contributed by atoms with Gasteiger partial charge in [-0.2, -0.15) is 0 Å². The average molecular weight is 617 g/mol. The summed E-state index contributed by atoms with van der Waals surface area (Å²) in [4.78, 5) is 37.8. The monoisotopic (exact) mass is 616 g/mol. The highest BCUT2D eigenvalue weighted by Gasteiger charge is 2.32. The zero-order valence-corrected chi connectivity index (χ0v) is 24.6. The summed E-state index contributed by atoms with van der Waals surface area (Å²) < 4.78 is 21.4. The molecule has 1 fully saturated rings. The van der Waals surface area contributed by atoms with Gasteiger partial charge in [-0.15, -0.1) is 0 Å². The van der Waals surface area contributed by atoms with Crippen LogP contribution in [0.25, 0.3) is 0 Å². The van der Waals surface area contributed by atoms with Crippen molar-refractivity contribution in [1.82, 2.24) is 5.32 Å². The number of esters is 1. The Morgan fingerprint density at radius 1 is 0.822 bits per heavy atom. The number of benzene rings is 3. The number of hydrogen-bond donors (Lipinski definition) is 4. The van der Waals surface area contributed by atoms with Crippen LogP contribution in [0.1, 0.15) is 29.5 Å². The van der Waals surface area contributed by atoms with Crippen molar-refractivity contribution >= 4 is 23.8 Å². The molecule has 2 amide bonds. The van der Waals surface area contributed by atoms with E-state index in [0.29, 0.717) is 24.1 Å². The summed E-state index contributed by atoms with van der Waals surface area (Å²) in [5.74, 6) is 4.89. The minimum Gasteiger partial charge on any atom is -0.451 e. The molecule has 4 atom stereocenters. The Hall–Kier alpha value is -4.89. The molecule has 4 rings (SSSR count). The number of carbonyl (C=O) groups excluding carboxylic acids is 3. The van der Waals surface area contributed by atoms with E-state index >= 15 is 0 Å². The summed E-state index contributed by atoms with van der Waals surface area (Å²) in [7, 11) is 0. The first-order valence-corrected chi connectivity index (χ1v) is 14.5. The summed E-state index contributed by atoms with van der Waals surface area (Å²) in [5, 5.41) is 24.3. The Balaban J connectivity index is 1.30. The van der Waals surface area contributed by atoms with Crippen LogP contribution >= 0.6 is 0 Å². The van der Waals surface area contributed by atoms with Crippen LogP contribution in [0.5, 0.6) is 0 Å². The maximum atomic E-state index is 13.0. The lowest BCUT2D eigenvalue weighted by Gasteiger charge is -2.17. The predicted octanol–water partition coefficient (Wildman–Crippen LogP) is 3.72. The highest BCUT2D eigenvalue weighted by molar-refractivity contribution is 5.84. The van der Waals surface area contributed by atoms with Gasteiger partial charge in [-0.05, 0) is 28.8 Å². The SMILES string of the molecule is O=C(Nc1ccc(CC(NC(=O)OCc2ccccc2)C(=O)OCC#CC[C@H]2CC(O)[C@@H](CO)O2)cc1)OCc1ccccc1. The molecule has 1 heterocycles. The third kappa shape index (κ3) is 11.3. The second-order valence-electron chi connectivity index (χ2n) is 10.3. The fourth-order valence-corrected chi connectivity index (χ4v) is 4.49. The Labute approximate surface area is 261 Å². The van der Waals surface area contributed by atoms with Gasteiger partial charge in [-0.1, -0.05) is 84.6 Å². The van der Waals surface area contributed by atoms with Crippen LogP contribution in [-0.2, 0) is 43.4 Å². The molecule has 1 aliphatic heterocycles. The molecule has 0 saturated carbocycles. The van der Waals surface area contributed by atoms with Gasteiger partial charge >= 0.3 is 18.2 Å². The third-order valence-corrected chi connectivity index (χ3v) is 6.86. The molecular weight excluding hydrogens is 580 g/mol. The quantitative estimate of drug-likeness (QED) is 0.136. The lowest BCUT2D eigenvalue weighted by Crippen LogP contribution is -2.43. The molecule has 11 nitrogen and oxygen atoms in total. The van der Waals surface area contributed by atoms with E-state index < -0.39 is 36.4 Å². The molecule has 11 heteroatoms. The van der Waals surface area contributed by atoms with E-state index in [4.69, 9.17) is 18.9 Å². The molecular formula is C34H36N2O9. The first-order chi connectivity index (χ1) is 21.9. The summed E-state index contributed by atoms with van der Waals surface area (Å²) >= 11 is 0. The fraction of sp³-hybridized carbons (Fsp3) is 0.324. The molecule has 0 bridgehead atoms. The normalized spacial score (nSPS) is 17.7. The largest absolute Gasteiger partial charge is 0.451 e. The van der Waals surface area contributed by atoms with Crippen LogP contribution in [-0.4, -0.2) is 65.9 Å². The number of aliphatic hydroxyl groups is 2. The van der Waals surface area contributed by atoms with Gasteiger partial charge in [-0.3, -0.25) is 5.32 Å². The first-order valence-electron chi connectivity index (χ1n) is 14.5. The van der Waals surface area contributed by atoms with Gasteiger partial charge in [0, 0.05) is 24.9 Å². The highest BCUT2D eigenvalue weighted by Crippen LogP contribution is 2.22. The van der Waals surface area contributed by atoms with Gasteiger partial charge in [0.1, 0.15) is 25.4 Å². The number of hydrogen-bond acceptors (Lipinski definition) is 9. The van der Waals surface area contributed by atoms with E-state index in [-0.39, 0.29) is 39.0 Å². The number of nitrogens with one attached hydrogen (secondary N) is 2. The fourth-order valence-electron chi connectivity index (χ4n) is 4.49. The highest BCUT2D eigenvalue weighted by atomic mass is 16.6. The summed E-state index contributed by atoms with van der Waals surface area (Å²) in [6.45, 7) is -0.337. The lowest BCUT2D eigenvalue weighted by molar-refractivity contribution is -0.144. The van der Waals surface area contributed by atoms with Gasteiger partial charge in [0.2, 0.25) is 0 Å². The summed E-state index contributed by atoms with van der Waals surface area (Å²) in [6, 6.07) is 24.1. The zero-order chi connectivity index (χ0) is 31.9. The number of aliphatic hydroxyl groups excluding tert-OH is 2. The van der Waals surface area contributed by atoms with Crippen molar-refractivity contribution < 1.29 is 43.5 Å². The second-order valence-corrected chi connectivity index (χ2v) is 10.3. The van der Waals surface area contributed by atoms with Gasteiger partial charge in [-0.25, -0.2) is 14.4 Å². The van der Waals surface area contributed by atoms with Gasteiger partial charge in [0.05, 0.1) is 18.8 Å². The van der Waals surface area contributed by atoms with E-state index in [1.54, 1.807) is 24.3 Å². The van der Waals surface area contributed by atoms with Crippen LogP contribution in [0.2, 0.25) is 0 Å². The molecule has 1 aliphatic rings. The molecule has 0 radical (unpaired) electrons. The molecule has 0 aromatic heterocycles. The number of anilines is 1. The van der Waals surface area contributed by atoms with Crippen molar-refractivity contribution in [3.05, 3.63) is 102 Å². The number of carbonyl (C=O) groups is 3. The van der Waals surface area contributed by atoms with E-state index in [9.17, 15) is 24.6 Å². The van der Waals surface area contributed by atoms with E-state index in [0.717, 1.165) is 11.1 Å². The molecule has 45 heavy (non-hydrogen) atoms. The van der Waals surface area contributed by atoms with Crippen LogP contribution < -0.4 is 10.6 Å². The number of rotatable bonds is 12. The van der Waals surface area contributed by atoms with E-state index in [2.05, 4.69) is 22.5 Å². The third-order valence-electron chi connectivity index (χ3n) is 6.86. The molecule has 3 aromatic carbocycles. The summed E-state index contributed by atoms with van der Waals surface area (Å²) in [5.41, 5.74) is 2.83. The molecule has 1 saturated heterocycles. The predicted molar refractivity (Wildman–Crippen MR) is 164 cm³/mol. The zero-order valence-electron chi connectivity index (χ0n) is 24.6. The minimum atomic E-state index is -1.08. The molecule has 0 spiro atoms. The molecule has 236 valence electrons. The average Bonchev–Trinajstić information content (AvgIpc) is 3.43. The van der Waals surface area contributed by atoms with Gasteiger partial charge < -0.3 is 34.5 Å². The Morgan fingerprint density at radius 3 is 2.04 bits per heavy atom. The van der Waals surface area contributed by atoms with Crippen molar-refractivity contribution in [1.29, 1.82) is 0 Å². The van der Waals surface area contributed by atoms with Crippen LogP contribution in [0, 0.1) is 11.8 Å². The second kappa shape index (κ2) is 17.4. The van der Waals surface area contributed by atoms with Crippen molar-refractivity contribution in [3.63, 3.8) is 0 Å². The molecule has 4 N–H and O–H groups in total. The van der Waals surface area contributed by atoms with Crippen LogP contribution in [0.3, 0.4) is 0 Å². The minimum absolute atomic E-state index is 0.0235. The van der Waals surface area contributed by atoms with Crippen LogP contribution in [0.15, 0.2) is 84.9 Å². The van der Waals surface area contributed by atoms with Crippen molar-refractivity contribution in [2.75, 3.05) is 18.5 Å². The number of alkyl carbamates (subject to hydrolysis) is 1. The van der Waals surface area contributed by atoms with Crippen molar-refractivity contribution in [3.8, 4) is 11.8 Å². The Kier molecular flexibility index (Phi) is 12.8. The lowest BCUT2D eigenvalue weighted by atomic mass is 10.1. The van der Waals surface area contributed by atoms with Gasteiger partial charge in [0.15, 0.2) is 6.61 Å². The van der Waals surface area contributed by atoms with E-state index in [1.165, 1.54) is 0 Å². The van der Waals surface area contributed by atoms with Crippen molar-refractivity contribution in [2.45, 2.75) is 56.8 Å². The first kappa shape index (κ1) is 33.0.